The molecule has 0 aromatic heterocycles. The molecular formula is C19H20N4O2. The molecule has 25 heavy (non-hydrogen) atoms. The Balaban J connectivity index is 2.03. The van der Waals surface area contributed by atoms with E-state index in [2.05, 4.69) is 0 Å². The average Bonchev–Trinajstić information content (AvgIpc) is 2.59. The van der Waals surface area contributed by atoms with Crippen LogP contribution in [0, 0.1) is 0 Å². The Morgan fingerprint density at radius 2 is 1.80 bits per heavy atom. The van der Waals surface area contributed by atoms with Gasteiger partial charge in [-0.1, -0.05) is 30.3 Å². The van der Waals surface area contributed by atoms with Crippen LogP contribution in [0.25, 0.3) is 16.8 Å². The van der Waals surface area contributed by atoms with Crippen LogP contribution in [0.2, 0.25) is 0 Å². The lowest BCUT2D eigenvalue weighted by Crippen LogP contribution is -2.41. The molecule has 0 saturated carbocycles. The zero-order valence-corrected chi connectivity index (χ0v) is 13.7. The first-order valence-corrected chi connectivity index (χ1v) is 8.02. The van der Waals surface area contributed by atoms with E-state index < -0.39 is 0 Å². The molecule has 1 aliphatic heterocycles. The summed E-state index contributed by atoms with van der Waals surface area (Å²) in [5.41, 5.74) is 20.9. The Kier molecular flexibility index (Phi) is 4.43. The summed E-state index contributed by atoms with van der Waals surface area (Å²) >= 11 is 0. The van der Waals surface area contributed by atoms with Crippen LogP contribution in [0.1, 0.15) is 22.3 Å². The van der Waals surface area contributed by atoms with Crippen molar-refractivity contribution in [2.45, 2.75) is 6.42 Å². The molecule has 6 heteroatoms. The standard InChI is InChI=1S/C19H20N4O2/c20-16(11-24)18(22)15-7-2-6-14(17(15)21)12-4-1-5-13(10-12)19(25)23-8-3-9-23/h1-2,4-7,10-11H,3,8-9,20-22H2/b18-16+. The van der Waals surface area contributed by atoms with Crippen molar-refractivity contribution in [2.75, 3.05) is 18.8 Å². The van der Waals surface area contributed by atoms with Gasteiger partial charge in [0, 0.05) is 35.5 Å². The highest BCUT2D eigenvalue weighted by Crippen LogP contribution is 2.32. The quantitative estimate of drug-likeness (QED) is 0.445. The van der Waals surface area contributed by atoms with E-state index in [0.29, 0.717) is 23.1 Å². The predicted molar refractivity (Wildman–Crippen MR) is 98.2 cm³/mol. The van der Waals surface area contributed by atoms with E-state index in [1.54, 1.807) is 18.2 Å². The van der Waals surface area contributed by atoms with Crippen molar-refractivity contribution < 1.29 is 9.59 Å². The zero-order chi connectivity index (χ0) is 18.0. The summed E-state index contributed by atoms with van der Waals surface area (Å²) in [7, 11) is 0. The third-order valence-electron chi connectivity index (χ3n) is 4.40. The van der Waals surface area contributed by atoms with Crippen molar-refractivity contribution >= 4 is 23.6 Å². The fraction of sp³-hybridized carbons (Fsp3) is 0.158. The number of anilines is 1. The highest BCUT2D eigenvalue weighted by atomic mass is 16.2. The average molecular weight is 336 g/mol. The number of likely N-dealkylation sites (tertiary alicyclic amines) is 1. The van der Waals surface area contributed by atoms with E-state index in [9.17, 15) is 9.59 Å². The number of nitrogen functional groups attached to an aromatic ring is 1. The van der Waals surface area contributed by atoms with Crippen molar-refractivity contribution in [3.8, 4) is 11.1 Å². The summed E-state index contributed by atoms with van der Waals surface area (Å²) in [5.74, 6) is 0.0208. The minimum atomic E-state index is -0.0643. The molecule has 1 saturated heterocycles. The minimum Gasteiger partial charge on any atom is -0.398 e. The smallest absolute Gasteiger partial charge is 0.253 e. The van der Waals surface area contributed by atoms with E-state index >= 15 is 0 Å². The normalized spacial score (nSPS) is 14.5. The topological polar surface area (TPSA) is 115 Å². The van der Waals surface area contributed by atoms with Crippen molar-refractivity contribution in [3.63, 3.8) is 0 Å². The van der Waals surface area contributed by atoms with Crippen LogP contribution >= 0.6 is 0 Å². The lowest BCUT2D eigenvalue weighted by Gasteiger charge is -2.31. The first kappa shape index (κ1) is 16.6. The van der Waals surface area contributed by atoms with Gasteiger partial charge in [0.2, 0.25) is 0 Å². The van der Waals surface area contributed by atoms with Gasteiger partial charge in [-0.2, -0.15) is 0 Å². The van der Waals surface area contributed by atoms with Crippen molar-refractivity contribution in [3.05, 3.63) is 59.3 Å². The van der Waals surface area contributed by atoms with Crippen LogP contribution in [-0.4, -0.2) is 30.2 Å². The molecule has 2 aromatic carbocycles. The third-order valence-corrected chi connectivity index (χ3v) is 4.40. The molecule has 1 aliphatic rings. The summed E-state index contributed by atoms with van der Waals surface area (Å²) in [6.07, 6.45) is 1.54. The molecule has 2 aromatic rings. The van der Waals surface area contributed by atoms with Gasteiger partial charge in [0.05, 0.1) is 11.4 Å². The second-order valence-corrected chi connectivity index (χ2v) is 5.98. The van der Waals surface area contributed by atoms with Gasteiger partial charge >= 0.3 is 0 Å². The Bertz CT molecular complexity index is 869. The molecule has 6 N–H and O–H groups in total. The molecule has 1 amide bonds. The highest BCUT2D eigenvalue weighted by Gasteiger charge is 2.22. The highest BCUT2D eigenvalue weighted by molar-refractivity contribution is 5.97. The van der Waals surface area contributed by atoms with E-state index in [0.717, 1.165) is 30.6 Å². The molecule has 128 valence electrons. The molecule has 0 spiro atoms. The number of carbonyl (C=O) groups is 2. The van der Waals surface area contributed by atoms with Gasteiger partial charge in [0.1, 0.15) is 0 Å². The maximum Gasteiger partial charge on any atom is 0.253 e. The molecule has 3 rings (SSSR count). The summed E-state index contributed by atoms with van der Waals surface area (Å²) in [6.45, 7) is 1.60. The van der Waals surface area contributed by atoms with Crippen LogP contribution < -0.4 is 17.2 Å². The molecule has 6 nitrogen and oxygen atoms in total. The summed E-state index contributed by atoms with van der Waals surface area (Å²) in [5, 5.41) is 0. The molecule has 0 atom stereocenters. The third kappa shape index (κ3) is 3.06. The van der Waals surface area contributed by atoms with Crippen LogP contribution in [0.3, 0.4) is 0 Å². The monoisotopic (exact) mass is 336 g/mol. The number of aldehydes is 1. The number of nitrogens with zero attached hydrogens (tertiary/aromatic N) is 1. The van der Waals surface area contributed by atoms with Gasteiger partial charge in [0.15, 0.2) is 6.29 Å². The van der Waals surface area contributed by atoms with Gasteiger partial charge in [-0.05, 0) is 24.1 Å². The van der Waals surface area contributed by atoms with E-state index in [1.807, 2.05) is 29.2 Å². The summed E-state index contributed by atoms with van der Waals surface area (Å²) in [4.78, 5) is 25.1. The van der Waals surface area contributed by atoms with Gasteiger partial charge in [-0.25, -0.2) is 0 Å². The number of hydrogen-bond acceptors (Lipinski definition) is 5. The van der Waals surface area contributed by atoms with Gasteiger partial charge in [-0.15, -0.1) is 0 Å². The number of rotatable bonds is 4. The second-order valence-electron chi connectivity index (χ2n) is 5.98. The lowest BCUT2D eigenvalue weighted by atomic mass is 9.96. The van der Waals surface area contributed by atoms with Crippen molar-refractivity contribution in [2.24, 2.45) is 11.5 Å². The fourth-order valence-electron chi connectivity index (χ4n) is 2.79. The fourth-order valence-corrected chi connectivity index (χ4v) is 2.79. The molecular weight excluding hydrogens is 316 g/mol. The first-order chi connectivity index (χ1) is 12.0. The lowest BCUT2D eigenvalue weighted by molar-refractivity contribution is -0.104. The molecule has 0 aliphatic carbocycles. The minimum absolute atomic E-state index is 0.0208. The Morgan fingerprint density at radius 1 is 1.08 bits per heavy atom. The number of hydrogen-bond donors (Lipinski definition) is 3. The number of allylic oxidation sites excluding steroid dienone is 1. The Morgan fingerprint density at radius 3 is 2.44 bits per heavy atom. The van der Waals surface area contributed by atoms with E-state index in [4.69, 9.17) is 17.2 Å². The van der Waals surface area contributed by atoms with Gasteiger partial charge in [-0.3, -0.25) is 9.59 Å². The predicted octanol–water partition coefficient (Wildman–Crippen LogP) is 1.57. The molecule has 0 bridgehead atoms. The van der Waals surface area contributed by atoms with Crippen LogP contribution in [0.15, 0.2) is 48.2 Å². The number of nitrogens with two attached hydrogens (primary N) is 3. The molecule has 1 fully saturated rings. The summed E-state index contributed by atoms with van der Waals surface area (Å²) < 4.78 is 0. The zero-order valence-electron chi connectivity index (χ0n) is 13.7. The van der Waals surface area contributed by atoms with Crippen LogP contribution in [-0.2, 0) is 4.79 Å². The van der Waals surface area contributed by atoms with Crippen LogP contribution in [0.4, 0.5) is 5.69 Å². The van der Waals surface area contributed by atoms with Gasteiger partial charge < -0.3 is 22.1 Å². The number of carbonyl (C=O) groups excluding carboxylic acids is 2. The Labute approximate surface area is 145 Å². The maximum absolute atomic E-state index is 12.4. The number of para-hydroxylation sites is 1. The number of amides is 1. The van der Waals surface area contributed by atoms with Crippen molar-refractivity contribution in [1.29, 1.82) is 0 Å². The van der Waals surface area contributed by atoms with Crippen LogP contribution in [0.5, 0.6) is 0 Å². The molecule has 0 unspecified atom stereocenters. The Hall–Kier alpha value is -3.28. The SMILES string of the molecule is N/C(C=O)=C(/N)c1cccc(-c2cccc(C(=O)N3CCC3)c2)c1N. The first-order valence-electron chi connectivity index (χ1n) is 8.02. The largest absolute Gasteiger partial charge is 0.398 e. The van der Waals surface area contributed by atoms with E-state index in [-0.39, 0.29) is 17.3 Å². The van der Waals surface area contributed by atoms with E-state index in [1.165, 1.54) is 0 Å². The molecule has 0 radical (unpaired) electrons. The second kappa shape index (κ2) is 6.68. The van der Waals surface area contributed by atoms with Gasteiger partial charge in [0.25, 0.3) is 5.91 Å². The summed E-state index contributed by atoms with van der Waals surface area (Å²) in [6, 6.07) is 12.7. The number of benzene rings is 2. The maximum atomic E-state index is 12.4. The van der Waals surface area contributed by atoms with Crippen molar-refractivity contribution in [1.82, 2.24) is 4.90 Å². The molecule has 1 heterocycles.